The number of hydrogen-bond donors (Lipinski definition) is 0. The minimum atomic E-state index is -0.550. The lowest BCUT2D eigenvalue weighted by atomic mass is 9.89. The van der Waals surface area contributed by atoms with E-state index in [2.05, 4.69) is 15.9 Å². The molecule has 1 aliphatic heterocycles. The Labute approximate surface area is 140 Å². The highest BCUT2D eigenvalue weighted by molar-refractivity contribution is 9.10. The van der Waals surface area contributed by atoms with E-state index < -0.39 is 5.60 Å². The molecule has 1 heterocycles. The van der Waals surface area contributed by atoms with Gasteiger partial charge in [-0.1, -0.05) is 35.0 Å². The molecule has 2 rings (SSSR count). The SMILES string of the molecule is C[C@@H]1CN(C(=O)OC(C)(C)C)[C@@H](c2ccc(Br)cc2)CC1=O. The molecule has 22 heavy (non-hydrogen) atoms. The van der Waals surface area contributed by atoms with Crippen LogP contribution in [0, 0.1) is 5.92 Å². The molecule has 0 spiro atoms. The molecular weight excluding hydrogens is 346 g/mol. The Bertz CT molecular complexity index is 562. The first kappa shape index (κ1) is 17.0. The fourth-order valence-corrected chi connectivity index (χ4v) is 2.80. The summed E-state index contributed by atoms with van der Waals surface area (Å²) in [5, 5.41) is 0. The van der Waals surface area contributed by atoms with Gasteiger partial charge in [-0.25, -0.2) is 4.79 Å². The normalized spacial score (nSPS) is 22.6. The summed E-state index contributed by atoms with van der Waals surface area (Å²) in [4.78, 5) is 26.3. The Morgan fingerprint density at radius 2 is 1.86 bits per heavy atom. The molecule has 1 amide bonds. The second kappa shape index (κ2) is 6.41. The van der Waals surface area contributed by atoms with Crippen LogP contribution >= 0.6 is 15.9 Å². The van der Waals surface area contributed by atoms with Crippen LogP contribution in [0.2, 0.25) is 0 Å². The summed E-state index contributed by atoms with van der Waals surface area (Å²) in [6.07, 6.45) is -0.0260. The lowest BCUT2D eigenvalue weighted by molar-refractivity contribution is -0.127. The average Bonchev–Trinajstić information content (AvgIpc) is 2.40. The van der Waals surface area contributed by atoms with Gasteiger partial charge in [0, 0.05) is 23.4 Å². The van der Waals surface area contributed by atoms with Gasteiger partial charge in [0.25, 0.3) is 0 Å². The molecule has 1 aromatic rings. The number of hydrogen-bond acceptors (Lipinski definition) is 3. The quantitative estimate of drug-likeness (QED) is 0.741. The van der Waals surface area contributed by atoms with E-state index >= 15 is 0 Å². The van der Waals surface area contributed by atoms with Crippen LogP contribution in [0.1, 0.15) is 45.7 Å². The largest absolute Gasteiger partial charge is 0.444 e. The van der Waals surface area contributed by atoms with Crippen LogP contribution in [0.3, 0.4) is 0 Å². The van der Waals surface area contributed by atoms with E-state index in [0.29, 0.717) is 13.0 Å². The van der Waals surface area contributed by atoms with Crippen LogP contribution < -0.4 is 0 Å². The van der Waals surface area contributed by atoms with E-state index in [0.717, 1.165) is 10.0 Å². The van der Waals surface area contributed by atoms with Gasteiger partial charge >= 0.3 is 6.09 Å². The first-order valence-electron chi connectivity index (χ1n) is 7.45. The highest BCUT2D eigenvalue weighted by Gasteiger charge is 2.37. The maximum atomic E-state index is 12.5. The monoisotopic (exact) mass is 367 g/mol. The molecule has 1 aromatic carbocycles. The van der Waals surface area contributed by atoms with Gasteiger partial charge in [-0.3, -0.25) is 4.79 Å². The summed E-state index contributed by atoms with van der Waals surface area (Å²) in [6, 6.07) is 7.47. The lowest BCUT2D eigenvalue weighted by Crippen LogP contribution is -2.47. The number of piperidine rings is 1. The molecule has 4 nitrogen and oxygen atoms in total. The molecule has 0 saturated carbocycles. The minimum absolute atomic E-state index is 0.154. The van der Waals surface area contributed by atoms with Gasteiger partial charge in [0.1, 0.15) is 11.4 Å². The zero-order valence-electron chi connectivity index (χ0n) is 13.4. The van der Waals surface area contributed by atoms with E-state index in [9.17, 15) is 9.59 Å². The standard InChI is InChI=1S/C17H22BrNO3/c1-11-10-19(16(21)22-17(2,3)4)14(9-15(11)20)12-5-7-13(18)8-6-12/h5-8,11,14H,9-10H2,1-4H3/t11-,14-/m1/s1. The number of amides is 1. The van der Waals surface area contributed by atoms with E-state index in [-0.39, 0.29) is 23.8 Å². The number of carbonyl (C=O) groups excluding carboxylic acids is 2. The van der Waals surface area contributed by atoms with Gasteiger partial charge in [0.05, 0.1) is 6.04 Å². The Kier molecular flexibility index (Phi) is 4.95. The van der Waals surface area contributed by atoms with Crippen molar-refractivity contribution in [3.8, 4) is 0 Å². The molecule has 0 bridgehead atoms. The zero-order chi connectivity index (χ0) is 16.5. The Balaban J connectivity index is 2.28. The number of benzene rings is 1. The third-order valence-corrected chi connectivity index (χ3v) is 4.20. The number of ether oxygens (including phenoxy) is 1. The molecule has 1 saturated heterocycles. The summed E-state index contributed by atoms with van der Waals surface area (Å²) in [6.45, 7) is 7.79. The van der Waals surface area contributed by atoms with Crippen LogP contribution in [0.25, 0.3) is 0 Å². The fourth-order valence-electron chi connectivity index (χ4n) is 2.53. The second-order valence-corrected chi connectivity index (χ2v) is 7.69. The highest BCUT2D eigenvalue weighted by atomic mass is 79.9. The minimum Gasteiger partial charge on any atom is -0.444 e. The van der Waals surface area contributed by atoms with Gasteiger partial charge in [-0.05, 0) is 38.5 Å². The maximum absolute atomic E-state index is 12.5. The first-order chi connectivity index (χ1) is 10.2. The van der Waals surface area contributed by atoms with Crippen LogP contribution in [0.5, 0.6) is 0 Å². The summed E-state index contributed by atoms with van der Waals surface area (Å²) in [5.74, 6) is 0.0342. The van der Waals surface area contributed by atoms with Crippen molar-refractivity contribution in [3.63, 3.8) is 0 Å². The summed E-state index contributed by atoms with van der Waals surface area (Å²) < 4.78 is 6.47. The van der Waals surface area contributed by atoms with Gasteiger partial charge in [-0.15, -0.1) is 0 Å². The Morgan fingerprint density at radius 1 is 1.27 bits per heavy atom. The van der Waals surface area contributed by atoms with E-state index in [1.54, 1.807) is 4.90 Å². The van der Waals surface area contributed by atoms with Crippen molar-refractivity contribution in [1.82, 2.24) is 4.90 Å². The molecule has 0 aliphatic carbocycles. The molecule has 5 heteroatoms. The molecule has 120 valence electrons. The van der Waals surface area contributed by atoms with Gasteiger partial charge < -0.3 is 9.64 Å². The zero-order valence-corrected chi connectivity index (χ0v) is 15.0. The van der Waals surface area contributed by atoms with Gasteiger partial charge in [0.2, 0.25) is 0 Å². The van der Waals surface area contributed by atoms with Crippen molar-refractivity contribution < 1.29 is 14.3 Å². The smallest absolute Gasteiger partial charge is 0.410 e. The highest BCUT2D eigenvalue weighted by Crippen LogP contribution is 2.33. The van der Waals surface area contributed by atoms with Crippen molar-refractivity contribution in [1.29, 1.82) is 0 Å². The maximum Gasteiger partial charge on any atom is 0.410 e. The molecular formula is C17H22BrNO3. The van der Waals surface area contributed by atoms with E-state index in [1.807, 2.05) is 52.0 Å². The van der Waals surface area contributed by atoms with Crippen LogP contribution in [-0.2, 0) is 9.53 Å². The third-order valence-electron chi connectivity index (χ3n) is 3.67. The average molecular weight is 368 g/mol. The van der Waals surface area contributed by atoms with Gasteiger partial charge in [0.15, 0.2) is 0 Å². The predicted octanol–water partition coefficient (Wildman–Crippen LogP) is 4.34. The molecule has 0 N–H and O–H groups in total. The number of halogens is 1. The number of Topliss-reactive ketones (excluding diaryl/α,β-unsaturated/α-hetero) is 1. The van der Waals surface area contributed by atoms with Crippen molar-refractivity contribution in [3.05, 3.63) is 34.3 Å². The van der Waals surface area contributed by atoms with E-state index in [4.69, 9.17) is 4.74 Å². The number of carbonyl (C=O) groups is 2. The molecule has 0 aromatic heterocycles. The first-order valence-corrected chi connectivity index (χ1v) is 8.24. The molecule has 1 aliphatic rings. The van der Waals surface area contributed by atoms with E-state index in [1.165, 1.54) is 0 Å². The van der Waals surface area contributed by atoms with Crippen molar-refractivity contribution in [2.24, 2.45) is 5.92 Å². The fraction of sp³-hybridized carbons (Fsp3) is 0.529. The summed E-state index contributed by atoms with van der Waals surface area (Å²) in [5.41, 5.74) is 0.404. The number of likely N-dealkylation sites (tertiary alicyclic amines) is 1. The summed E-state index contributed by atoms with van der Waals surface area (Å²) >= 11 is 3.40. The summed E-state index contributed by atoms with van der Waals surface area (Å²) in [7, 11) is 0. The molecule has 2 atom stereocenters. The number of nitrogens with zero attached hydrogens (tertiary/aromatic N) is 1. The van der Waals surface area contributed by atoms with Crippen LogP contribution in [0.15, 0.2) is 28.7 Å². The van der Waals surface area contributed by atoms with Crippen molar-refractivity contribution in [2.45, 2.75) is 45.8 Å². The third kappa shape index (κ3) is 4.09. The molecule has 0 unspecified atom stereocenters. The topological polar surface area (TPSA) is 46.6 Å². The van der Waals surface area contributed by atoms with Gasteiger partial charge in [-0.2, -0.15) is 0 Å². The second-order valence-electron chi connectivity index (χ2n) is 6.77. The lowest BCUT2D eigenvalue weighted by Gasteiger charge is -2.38. The Hall–Kier alpha value is -1.36. The predicted molar refractivity (Wildman–Crippen MR) is 88.6 cm³/mol. The molecule has 0 radical (unpaired) electrons. The van der Waals surface area contributed by atoms with Crippen LogP contribution in [0.4, 0.5) is 4.79 Å². The van der Waals surface area contributed by atoms with Crippen molar-refractivity contribution >= 4 is 27.8 Å². The number of rotatable bonds is 1. The molecule has 1 fully saturated rings. The Morgan fingerprint density at radius 3 is 2.41 bits per heavy atom. The number of ketones is 1. The van der Waals surface area contributed by atoms with Crippen molar-refractivity contribution in [2.75, 3.05) is 6.54 Å². The van der Waals surface area contributed by atoms with Crippen LogP contribution in [-0.4, -0.2) is 28.9 Å².